The van der Waals surface area contributed by atoms with Crippen molar-refractivity contribution in [2.45, 2.75) is 0 Å². The fourth-order valence-electron chi connectivity index (χ4n) is 2.38. The van der Waals surface area contributed by atoms with Gasteiger partial charge >= 0.3 is 0 Å². The smallest absolute Gasteiger partial charge is 0.291 e. The summed E-state index contributed by atoms with van der Waals surface area (Å²) in [6.45, 7) is 0. The Hall–Kier alpha value is -2.15. The van der Waals surface area contributed by atoms with E-state index in [0.717, 1.165) is 20.8 Å². The van der Waals surface area contributed by atoms with Crippen LogP contribution in [0.25, 0.3) is 20.8 Å². The van der Waals surface area contributed by atoms with E-state index in [1.165, 1.54) is 0 Å². The van der Waals surface area contributed by atoms with Gasteiger partial charge in [-0.2, -0.15) is 0 Å². The quantitative estimate of drug-likeness (QED) is 0.417. The first-order valence-electron chi connectivity index (χ1n) is 7.32. The van der Waals surface area contributed by atoms with Gasteiger partial charge in [0.1, 0.15) is 5.01 Å². The van der Waals surface area contributed by atoms with Gasteiger partial charge < -0.3 is 9.73 Å². The molecule has 1 amide bonds. The molecule has 2 aromatic carbocycles. The lowest BCUT2D eigenvalue weighted by molar-refractivity contribution is 0.0995. The van der Waals surface area contributed by atoms with Crippen molar-refractivity contribution in [3.63, 3.8) is 0 Å². The fraction of sp³-hybridized carbons (Fsp3) is 0. The zero-order valence-electron chi connectivity index (χ0n) is 12.6. The van der Waals surface area contributed by atoms with E-state index in [0.29, 0.717) is 15.4 Å². The second-order valence-electron chi connectivity index (χ2n) is 5.24. The standard InChI is InChI=1S/C18H10BrClN2O2S/c19-16-8-7-14(24-16)17(23)21-10-5-6-12(20)11(9-10)18-22-13-3-1-2-4-15(13)25-18/h1-9H,(H,21,23). The Balaban J connectivity index is 1.67. The first kappa shape index (κ1) is 16.3. The lowest BCUT2D eigenvalue weighted by atomic mass is 10.2. The lowest BCUT2D eigenvalue weighted by Gasteiger charge is -2.06. The monoisotopic (exact) mass is 432 g/mol. The molecule has 4 nitrogen and oxygen atoms in total. The predicted octanol–water partition coefficient (Wildman–Crippen LogP) is 6.22. The molecule has 2 heterocycles. The Bertz CT molecular complexity index is 1060. The minimum absolute atomic E-state index is 0.225. The topological polar surface area (TPSA) is 55.1 Å². The molecular weight excluding hydrogens is 424 g/mol. The number of aromatic nitrogens is 1. The van der Waals surface area contributed by atoms with Crippen molar-refractivity contribution in [3.8, 4) is 10.6 Å². The molecule has 0 spiro atoms. The van der Waals surface area contributed by atoms with Crippen LogP contribution in [0.2, 0.25) is 5.02 Å². The number of nitrogens with one attached hydrogen (secondary N) is 1. The summed E-state index contributed by atoms with van der Waals surface area (Å²) in [6.07, 6.45) is 0. The molecule has 25 heavy (non-hydrogen) atoms. The van der Waals surface area contributed by atoms with E-state index in [1.807, 2.05) is 30.3 Å². The van der Waals surface area contributed by atoms with E-state index in [4.69, 9.17) is 16.0 Å². The van der Waals surface area contributed by atoms with Crippen LogP contribution in [0.3, 0.4) is 0 Å². The van der Waals surface area contributed by atoms with Gasteiger partial charge in [0.2, 0.25) is 0 Å². The Labute approximate surface area is 160 Å². The molecule has 7 heteroatoms. The Morgan fingerprint density at radius 2 is 2.00 bits per heavy atom. The molecule has 0 saturated carbocycles. The Morgan fingerprint density at radius 1 is 1.16 bits per heavy atom. The molecule has 4 rings (SSSR count). The van der Waals surface area contributed by atoms with E-state index in [-0.39, 0.29) is 11.7 Å². The van der Waals surface area contributed by atoms with Crippen LogP contribution in [-0.2, 0) is 0 Å². The molecule has 0 unspecified atom stereocenters. The van der Waals surface area contributed by atoms with Crippen molar-refractivity contribution >= 4 is 60.7 Å². The van der Waals surface area contributed by atoms with Gasteiger partial charge in [-0.05, 0) is 58.4 Å². The highest BCUT2D eigenvalue weighted by atomic mass is 79.9. The van der Waals surface area contributed by atoms with Crippen molar-refractivity contribution in [2.75, 3.05) is 5.32 Å². The van der Waals surface area contributed by atoms with Crippen LogP contribution in [0.5, 0.6) is 0 Å². The number of thiazole rings is 1. The number of benzene rings is 2. The SMILES string of the molecule is O=C(Nc1ccc(Cl)c(-c2nc3ccccc3s2)c1)c1ccc(Br)o1. The summed E-state index contributed by atoms with van der Waals surface area (Å²) in [5, 5.41) is 4.20. The summed E-state index contributed by atoms with van der Waals surface area (Å²) in [5.41, 5.74) is 2.32. The van der Waals surface area contributed by atoms with Crippen LogP contribution in [0.1, 0.15) is 10.6 Å². The zero-order chi connectivity index (χ0) is 17.4. The molecular formula is C18H10BrClN2O2S. The van der Waals surface area contributed by atoms with Crippen molar-refractivity contribution in [1.29, 1.82) is 0 Å². The summed E-state index contributed by atoms with van der Waals surface area (Å²) in [6, 6.07) is 16.5. The highest BCUT2D eigenvalue weighted by Gasteiger charge is 2.14. The lowest BCUT2D eigenvalue weighted by Crippen LogP contribution is -2.10. The first-order chi connectivity index (χ1) is 12.1. The number of hydrogen-bond donors (Lipinski definition) is 1. The molecule has 0 aliphatic carbocycles. The predicted molar refractivity (Wildman–Crippen MR) is 104 cm³/mol. The number of fused-ring (bicyclic) bond motifs is 1. The second-order valence-corrected chi connectivity index (χ2v) is 7.46. The van der Waals surface area contributed by atoms with Gasteiger partial charge in [-0.25, -0.2) is 4.98 Å². The van der Waals surface area contributed by atoms with Crippen LogP contribution >= 0.6 is 38.9 Å². The van der Waals surface area contributed by atoms with E-state index in [1.54, 1.807) is 35.6 Å². The zero-order valence-corrected chi connectivity index (χ0v) is 15.8. The van der Waals surface area contributed by atoms with Crippen molar-refractivity contribution in [3.05, 3.63) is 70.0 Å². The van der Waals surface area contributed by atoms with Gasteiger partial charge in [-0.3, -0.25) is 4.79 Å². The summed E-state index contributed by atoms with van der Waals surface area (Å²) in [4.78, 5) is 16.9. The van der Waals surface area contributed by atoms with Gasteiger partial charge in [0.05, 0.1) is 15.2 Å². The fourth-order valence-corrected chi connectivity index (χ4v) is 3.95. The third-order valence-corrected chi connectivity index (χ3v) is 5.37. The number of amides is 1. The average molecular weight is 434 g/mol. The third-order valence-electron chi connectivity index (χ3n) is 3.55. The molecule has 2 aromatic heterocycles. The third kappa shape index (κ3) is 3.33. The van der Waals surface area contributed by atoms with Crippen molar-refractivity contribution < 1.29 is 9.21 Å². The van der Waals surface area contributed by atoms with E-state index >= 15 is 0 Å². The number of carbonyl (C=O) groups is 1. The van der Waals surface area contributed by atoms with Crippen LogP contribution in [0.4, 0.5) is 5.69 Å². The molecule has 0 bridgehead atoms. The number of halogens is 2. The maximum atomic E-state index is 12.2. The van der Waals surface area contributed by atoms with Crippen LogP contribution in [0, 0.1) is 0 Å². The summed E-state index contributed by atoms with van der Waals surface area (Å²) < 4.78 is 6.85. The van der Waals surface area contributed by atoms with Gasteiger partial charge in [-0.1, -0.05) is 23.7 Å². The summed E-state index contributed by atoms with van der Waals surface area (Å²) in [5.74, 6) is -0.105. The van der Waals surface area contributed by atoms with Crippen LogP contribution in [-0.4, -0.2) is 10.9 Å². The molecule has 1 N–H and O–H groups in total. The molecule has 0 saturated heterocycles. The minimum atomic E-state index is -0.330. The largest absolute Gasteiger partial charge is 0.444 e. The van der Waals surface area contributed by atoms with Gasteiger partial charge in [0.25, 0.3) is 5.91 Å². The average Bonchev–Trinajstić information content (AvgIpc) is 3.22. The Kier molecular flexibility index (Phi) is 4.33. The molecule has 0 aliphatic rings. The van der Waals surface area contributed by atoms with E-state index in [9.17, 15) is 4.79 Å². The number of para-hydroxylation sites is 1. The normalized spacial score (nSPS) is 11.0. The molecule has 0 radical (unpaired) electrons. The number of nitrogens with zero attached hydrogens (tertiary/aromatic N) is 1. The number of anilines is 1. The number of furan rings is 1. The maximum absolute atomic E-state index is 12.2. The molecule has 0 fully saturated rings. The van der Waals surface area contributed by atoms with Crippen LogP contribution in [0.15, 0.2) is 63.7 Å². The van der Waals surface area contributed by atoms with Crippen molar-refractivity contribution in [2.24, 2.45) is 0 Å². The number of hydrogen-bond acceptors (Lipinski definition) is 4. The highest BCUT2D eigenvalue weighted by molar-refractivity contribution is 9.10. The molecule has 0 aliphatic heterocycles. The van der Waals surface area contributed by atoms with Gasteiger partial charge in [0, 0.05) is 11.3 Å². The highest BCUT2D eigenvalue weighted by Crippen LogP contribution is 2.36. The van der Waals surface area contributed by atoms with E-state index in [2.05, 4.69) is 26.2 Å². The summed E-state index contributed by atoms with van der Waals surface area (Å²) in [7, 11) is 0. The van der Waals surface area contributed by atoms with Gasteiger partial charge in [0.15, 0.2) is 10.4 Å². The molecule has 4 aromatic rings. The second kappa shape index (κ2) is 6.63. The summed E-state index contributed by atoms with van der Waals surface area (Å²) >= 11 is 11.1. The minimum Gasteiger partial charge on any atom is -0.444 e. The van der Waals surface area contributed by atoms with E-state index < -0.39 is 0 Å². The first-order valence-corrected chi connectivity index (χ1v) is 9.31. The van der Waals surface area contributed by atoms with Crippen molar-refractivity contribution in [1.82, 2.24) is 4.98 Å². The Morgan fingerprint density at radius 3 is 2.76 bits per heavy atom. The maximum Gasteiger partial charge on any atom is 0.291 e. The van der Waals surface area contributed by atoms with Crippen LogP contribution < -0.4 is 5.32 Å². The van der Waals surface area contributed by atoms with Gasteiger partial charge in [-0.15, -0.1) is 11.3 Å². The molecule has 0 atom stereocenters. The number of rotatable bonds is 3. The number of carbonyl (C=O) groups excluding carboxylic acids is 1. The molecule has 124 valence electrons.